The summed E-state index contributed by atoms with van der Waals surface area (Å²) < 4.78 is 0. The zero-order chi connectivity index (χ0) is 21.0. The van der Waals surface area contributed by atoms with E-state index in [2.05, 4.69) is 43.0 Å². The van der Waals surface area contributed by atoms with E-state index in [1.54, 1.807) is 0 Å². The average Bonchev–Trinajstić information content (AvgIpc) is 3.11. The van der Waals surface area contributed by atoms with Gasteiger partial charge in [-0.3, -0.25) is 0 Å². The van der Waals surface area contributed by atoms with Crippen molar-refractivity contribution in [2.45, 2.75) is 149 Å². The Labute approximate surface area is 184 Å². The second-order valence-corrected chi connectivity index (χ2v) is 9.35. The van der Waals surface area contributed by atoms with Crippen molar-refractivity contribution in [1.29, 1.82) is 0 Å². The van der Waals surface area contributed by atoms with Crippen LogP contribution >= 0.6 is 0 Å². The lowest BCUT2D eigenvalue weighted by Gasteiger charge is -2.33. The second-order valence-electron chi connectivity index (χ2n) is 9.35. The predicted octanol–water partition coefficient (Wildman–Crippen LogP) is 8.87. The van der Waals surface area contributed by atoms with Crippen LogP contribution in [0, 0.1) is 0 Å². The molecule has 0 aromatic heterocycles. The summed E-state index contributed by atoms with van der Waals surface area (Å²) in [6.07, 6.45) is 32.1. The van der Waals surface area contributed by atoms with Crippen LogP contribution in [0.1, 0.15) is 143 Å². The van der Waals surface area contributed by atoms with Gasteiger partial charge in [0.25, 0.3) is 0 Å². The highest BCUT2D eigenvalue weighted by Crippen LogP contribution is 2.23. The minimum absolute atomic E-state index is 0.646. The van der Waals surface area contributed by atoms with E-state index < -0.39 is 0 Å². The lowest BCUT2D eigenvalue weighted by atomic mass is 10.1. The molecule has 0 fully saturated rings. The Balaban J connectivity index is 2.28. The lowest BCUT2D eigenvalue weighted by Crippen LogP contribution is -2.39. The number of rotatable bonds is 21. The molecule has 0 radical (unpaired) electrons. The Morgan fingerprint density at radius 2 is 0.793 bits per heavy atom. The van der Waals surface area contributed by atoms with Gasteiger partial charge in [0, 0.05) is 25.5 Å². The number of unbranched alkanes of at least 4 members (excludes halogenated alkanes) is 15. The number of hydrogen-bond donors (Lipinski definition) is 0. The summed E-state index contributed by atoms with van der Waals surface area (Å²) in [5.41, 5.74) is 0. The minimum atomic E-state index is 0.646. The highest BCUT2D eigenvalue weighted by atomic mass is 15.4. The molecule has 1 heterocycles. The Morgan fingerprint density at radius 1 is 0.448 bits per heavy atom. The molecule has 0 amide bonds. The maximum Gasteiger partial charge on any atom is 0.101 e. The molecule has 0 spiro atoms. The molecule has 2 heteroatoms. The largest absolute Gasteiger partial charge is 0.356 e. The van der Waals surface area contributed by atoms with Crippen molar-refractivity contribution in [3.63, 3.8) is 0 Å². The van der Waals surface area contributed by atoms with Gasteiger partial charge in [-0.2, -0.15) is 0 Å². The summed E-state index contributed by atoms with van der Waals surface area (Å²) in [6, 6.07) is 0. The van der Waals surface area contributed by atoms with Crippen molar-refractivity contribution >= 4 is 0 Å². The van der Waals surface area contributed by atoms with Crippen LogP contribution in [0.2, 0.25) is 0 Å². The molecule has 2 nitrogen and oxygen atoms in total. The zero-order valence-corrected chi connectivity index (χ0v) is 20.5. The van der Waals surface area contributed by atoms with Crippen LogP contribution in [0.25, 0.3) is 0 Å². The monoisotopic (exact) mass is 406 g/mol. The molecule has 172 valence electrons. The maximum atomic E-state index is 2.67. The Kier molecular flexibility index (Phi) is 17.6. The molecule has 0 saturated carbocycles. The standard InChI is InChI=1S/C27H54N2/c1-4-7-10-13-14-15-18-21-24-29-26-25-28(23-20-17-12-9-6-3)27(29)22-19-16-11-8-5-2/h25-27H,4-24H2,1-3H3. The summed E-state index contributed by atoms with van der Waals surface area (Å²) in [5, 5.41) is 0. The van der Waals surface area contributed by atoms with Crippen molar-refractivity contribution in [3.05, 3.63) is 12.4 Å². The molecular weight excluding hydrogens is 352 g/mol. The zero-order valence-electron chi connectivity index (χ0n) is 20.5. The first-order valence-corrected chi connectivity index (χ1v) is 13.5. The van der Waals surface area contributed by atoms with Crippen LogP contribution in [0.4, 0.5) is 0 Å². The molecule has 1 atom stereocenters. The highest BCUT2D eigenvalue weighted by Gasteiger charge is 2.24. The van der Waals surface area contributed by atoms with Crippen molar-refractivity contribution in [2.24, 2.45) is 0 Å². The third-order valence-corrected chi connectivity index (χ3v) is 6.57. The van der Waals surface area contributed by atoms with E-state index in [1.807, 2.05) is 0 Å². The molecule has 1 aliphatic rings. The molecule has 1 aliphatic heterocycles. The van der Waals surface area contributed by atoms with Gasteiger partial charge in [0.2, 0.25) is 0 Å². The Hall–Kier alpha value is -0.660. The highest BCUT2D eigenvalue weighted by molar-refractivity contribution is 4.97. The topological polar surface area (TPSA) is 6.48 Å². The Bertz CT molecular complexity index is 366. The number of nitrogens with zero attached hydrogens (tertiary/aromatic N) is 2. The maximum absolute atomic E-state index is 2.67. The summed E-state index contributed by atoms with van der Waals surface area (Å²) in [5.74, 6) is 0. The van der Waals surface area contributed by atoms with E-state index in [-0.39, 0.29) is 0 Å². The van der Waals surface area contributed by atoms with E-state index >= 15 is 0 Å². The van der Waals surface area contributed by atoms with Crippen molar-refractivity contribution in [1.82, 2.24) is 9.80 Å². The normalized spacial score (nSPS) is 16.3. The predicted molar refractivity (Wildman–Crippen MR) is 131 cm³/mol. The fourth-order valence-corrected chi connectivity index (χ4v) is 4.60. The number of hydrogen-bond acceptors (Lipinski definition) is 2. The van der Waals surface area contributed by atoms with Gasteiger partial charge < -0.3 is 9.80 Å². The molecule has 1 rings (SSSR count). The summed E-state index contributed by atoms with van der Waals surface area (Å²) in [4.78, 5) is 5.33. The second kappa shape index (κ2) is 19.3. The molecule has 0 bridgehead atoms. The lowest BCUT2D eigenvalue weighted by molar-refractivity contribution is 0.135. The average molecular weight is 407 g/mol. The molecule has 29 heavy (non-hydrogen) atoms. The van der Waals surface area contributed by atoms with Gasteiger partial charge in [0.15, 0.2) is 0 Å². The van der Waals surface area contributed by atoms with E-state index in [1.165, 1.54) is 135 Å². The molecule has 0 aliphatic carbocycles. The summed E-state index contributed by atoms with van der Waals surface area (Å²) >= 11 is 0. The smallest absolute Gasteiger partial charge is 0.101 e. The third kappa shape index (κ3) is 13.3. The molecule has 0 aromatic carbocycles. The van der Waals surface area contributed by atoms with Gasteiger partial charge in [-0.15, -0.1) is 0 Å². The van der Waals surface area contributed by atoms with Gasteiger partial charge in [-0.1, -0.05) is 117 Å². The molecule has 0 aromatic rings. The van der Waals surface area contributed by atoms with Crippen LogP contribution in [-0.2, 0) is 0 Å². The first-order valence-electron chi connectivity index (χ1n) is 13.5. The molecular formula is C27H54N2. The SMILES string of the molecule is CCCCCCCCCCN1C=CN(CCCCCCC)C1CCCCCCC. The third-order valence-electron chi connectivity index (χ3n) is 6.57. The first-order chi connectivity index (χ1) is 14.3. The van der Waals surface area contributed by atoms with E-state index in [4.69, 9.17) is 0 Å². The minimum Gasteiger partial charge on any atom is -0.356 e. The molecule has 1 unspecified atom stereocenters. The summed E-state index contributed by atoms with van der Waals surface area (Å²) in [7, 11) is 0. The van der Waals surface area contributed by atoms with Crippen LogP contribution in [0.3, 0.4) is 0 Å². The van der Waals surface area contributed by atoms with Crippen molar-refractivity contribution in [2.75, 3.05) is 13.1 Å². The molecule has 0 saturated heterocycles. The van der Waals surface area contributed by atoms with Gasteiger partial charge >= 0.3 is 0 Å². The Morgan fingerprint density at radius 3 is 1.21 bits per heavy atom. The van der Waals surface area contributed by atoms with Crippen molar-refractivity contribution < 1.29 is 0 Å². The molecule has 0 N–H and O–H groups in total. The van der Waals surface area contributed by atoms with E-state index in [0.29, 0.717) is 6.17 Å². The van der Waals surface area contributed by atoms with E-state index in [9.17, 15) is 0 Å². The van der Waals surface area contributed by atoms with Gasteiger partial charge in [0.1, 0.15) is 6.17 Å². The first kappa shape index (κ1) is 26.4. The van der Waals surface area contributed by atoms with Crippen molar-refractivity contribution in [3.8, 4) is 0 Å². The van der Waals surface area contributed by atoms with Crippen LogP contribution < -0.4 is 0 Å². The fourth-order valence-electron chi connectivity index (χ4n) is 4.60. The van der Waals surface area contributed by atoms with E-state index in [0.717, 1.165) is 0 Å². The quantitative estimate of drug-likeness (QED) is 0.176. The van der Waals surface area contributed by atoms with Crippen LogP contribution in [0.5, 0.6) is 0 Å². The summed E-state index contributed by atoms with van der Waals surface area (Å²) in [6.45, 7) is 9.44. The van der Waals surface area contributed by atoms with Gasteiger partial charge in [0.05, 0.1) is 0 Å². The fraction of sp³-hybridized carbons (Fsp3) is 0.926. The van der Waals surface area contributed by atoms with Gasteiger partial charge in [-0.25, -0.2) is 0 Å². The van der Waals surface area contributed by atoms with Crippen LogP contribution in [-0.4, -0.2) is 29.1 Å². The van der Waals surface area contributed by atoms with Crippen LogP contribution in [0.15, 0.2) is 12.4 Å². The van der Waals surface area contributed by atoms with Gasteiger partial charge in [-0.05, 0) is 25.7 Å².